The van der Waals surface area contributed by atoms with Gasteiger partial charge < -0.3 is 20.8 Å². The van der Waals surface area contributed by atoms with E-state index < -0.39 is 48.2 Å². The topological polar surface area (TPSA) is 159 Å². The molecule has 1 aromatic rings. The number of nitrogens with one attached hydrogen (secondary N) is 2. The average molecular weight is 367 g/mol. The van der Waals surface area contributed by atoms with Crippen molar-refractivity contribution in [3.05, 3.63) is 24.3 Å². The van der Waals surface area contributed by atoms with E-state index in [0.29, 0.717) is 11.0 Å². The van der Waals surface area contributed by atoms with E-state index in [1.54, 1.807) is 13.8 Å². The predicted molar refractivity (Wildman–Crippen MR) is 88.9 cm³/mol. The normalized spacial score (nSPS) is 13.4. The number of carboxylic acid groups (broad SMARTS) is 2. The van der Waals surface area contributed by atoms with Crippen molar-refractivity contribution in [2.75, 3.05) is 0 Å². The maximum Gasteiger partial charge on any atom is 0.326 e. The van der Waals surface area contributed by atoms with Gasteiger partial charge in [0.2, 0.25) is 11.8 Å². The number of nitrogens with zero attached hydrogens (tertiary/aromatic N) is 2. The van der Waals surface area contributed by atoms with Gasteiger partial charge in [0, 0.05) is 25.0 Å². The van der Waals surface area contributed by atoms with E-state index in [4.69, 9.17) is 11.6 Å². The van der Waals surface area contributed by atoms with E-state index in [2.05, 4.69) is 15.3 Å². The van der Waals surface area contributed by atoms with Crippen molar-refractivity contribution in [1.82, 2.24) is 20.6 Å². The van der Waals surface area contributed by atoms with Gasteiger partial charge in [-0.3, -0.25) is 24.4 Å². The molecule has 0 unspecified atom stereocenters. The number of amides is 2. The van der Waals surface area contributed by atoms with Crippen LogP contribution >= 0.6 is 0 Å². The molecule has 10 heteroatoms. The number of hydrogen-bond acceptors (Lipinski definition) is 6. The summed E-state index contributed by atoms with van der Waals surface area (Å²) in [6.45, 7) is 3.21. The largest absolute Gasteiger partial charge is 0.481 e. The molecule has 0 radical (unpaired) electrons. The second kappa shape index (κ2) is 10.1. The van der Waals surface area contributed by atoms with E-state index in [0.717, 1.165) is 0 Å². The van der Waals surface area contributed by atoms with E-state index in [1.807, 2.05) is 0 Å². The highest BCUT2D eigenvalue weighted by molar-refractivity contribution is 5.91. The fourth-order valence-electron chi connectivity index (χ4n) is 2.07. The minimum absolute atomic E-state index is 0.241. The molecule has 10 nitrogen and oxygen atoms in total. The molecule has 0 aromatic carbocycles. The van der Waals surface area contributed by atoms with Crippen LogP contribution < -0.4 is 10.6 Å². The summed E-state index contributed by atoms with van der Waals surface area (Å²) < 4.78 is 8.00. The summed E-state index contributed by atoms with van der Waals surface area (Å²) in [7, 11) is 0. The van der Waals surface area contributed by atoms with Crippen molar-refractivity contribution in [1.29, 1.82) is 0 Å². The van der Waals surface area contributed by atoms with Gasteiger partial charge in [-0.05, 0) is 12.3 Å². The Hall–Kier alpha value is -3.04. The third-order valence-corrected chi connectivity index (χ3v) is 3.39. The molecule has 1 heterocycles. The summed E-state index contributed by atoms with van der Waals surface area (Å²) in [5.74, 6) is -4.62. The van der Waals surface area contributed by atoms with Crippen LogP contribution in [0.3, 0.4) is 0 Å². The first-order chi connectivity index (χ1) is 12.6. The molecule has 2 atom stereocenters. The van der Waals surface area contributed by atoms with Crippen molar-refractivity contribution < 1.29 is 30.8 Å². The molecule has 0 aliphatic carbocycles. The molecule has 0 bridgehead atoms. The van der Waals surface area contributed by atoms with E-state index in [-0.39, 0.29) is 12.8 Å². The number of rotatable bonds is 10. The third-order valence-electron chi connectivity index (χ3n) is 3.39. The van der Waals surface area contributed by atoms with Crippen LogP contribution in [0.5, 0.6) is 0 Å². The lowest BCUT2D eigenvalue weighted by Crippen LogP contribution is -2.54. The van der Waals surface area contributed by atoms with Crippen LogP contribution in [0.15, 0.2) is 18.6 Å². The first-order valence-electron chi connectivity index (χ1n) is 8.39. The molecule has 142 valence electrons. The monoisotopic (exact) mass is 367 g/mol. The van der Waals surface area contributed by atoms with Crippen molar-refractivity contribution in [2.45, 2.75) is 45.2 Å². The van der Waals surface area contributed by atoms with E-state index >= 15 is 0 Å². The number of aromatic nitrogens is 2. The molecular formula is C16H22N4O6. The number of aliphatic carboxylic acids is 2. The summed E-state index contributed by atoms with van der Waals surface area (Å²) in [6, 6.07) is -2.68. The van der Waals surface area contributed by atoms with Gasteiger partial charge in [0.15, 0.2) is 1.41 Å². The summed E-state index contributed by atoms with van der Waals surface area (Å²) in [6.07, 6.45) is 3.19. The molecule has 4 N–H and O–H groups in total. The van der Waals surface area contributed by atoms with Gasteiger partial charge in [0.05, 0.1) is 12.1 Å². The first kappa shape index (κ1) is 19.3. The Morgan fingerprint density at radius 3 is 2.42 bits per heavy atom. The Kier molecular flexibility index (Phi) is 7.47. The highest BCUT2D eigenvalue weighted by Crippen LogP contribution is 2.06. The lowest BCUT2D eigenvalue weighted by Gasteiger charge is -2.24. The molecular weight excluding hydrogens is 344 g/mol. The molecule has 2 amide bonds. The Balaban J connectivity index is 2.85. The summed E-state index contributed by atoms with van der Waals surface area (Å²) in [4.78, 5) is 54.4. The zero-order chi connectivity index (χ0) is 20.6. The predicted octanol–water partition coefficient (Wildman–Crippen LogP) is -0.406. The zero-order valence-corrected chi connectivity index (χ0v) is 14.5. The molecule has 26 heavy (non-hydrogen) atoms. The number of carbonyl (C=O) groups is 4. The van der Waals surface area contributed by atoms with E-state index in [1.165, 1.54) is 18.6 Å². The lowest BCUT2D eigenvalue weighted by atomic mass is 10.0. The summed E-state index contributed by atoms with van der Waals surface area (Å²) >= 11 is 0. The zero-order valence-electron chi connectivity index (χ0n) is 15.5. The van der Waals surface area contributed by atoms with Crippen LogP contribution in [0, 0.1) is 5.92 Å². The third kappa shape index (κ3) is 7.24. The smallest absolute Gasteiger partial charge is 0.326 e. The Morgan fingerprint density at radius 1 is 1.23 bits per heavy atom. The van der Waals surface area contributed by atoms with Crippen LogP contribution in [0.4, 0.5) is 0 Å². The van der Waals surface area contributed by atoms with Crippen molar-refractivity contribution in [3.8, 4) is 0 Å². The van der Waals surface area contributed by atoms with Gasteiger partial charge >= 0.3 is 11.9 Å². The van der Waals surface area contributed by atoms with Crippen LogP contribution in [0.25, 0.3) is 0 Å². The van der Waals surface area contributed by atoms with Crippen molar-refractivity contribution >= 4 is 23.8 Å². The Morgan fingerprint density at radius 2 is 1.92 bits per heavy atom. The first-order valence-corrected chi connectivity index (χ1v) is 7.94. The minimum Gasteiger partial charge on any atom is -0.481 e. The molecule has 1 rings (SSSR count). The molecule has 0 saturated heterocycles. The second-order valence-corrected chi connectivity index (χ2v) is 5.92. The maximum absolute atomic E-state index is 12.5. The lowest BCUT2D eigenvalue weighted by molar-refractivity contribution is -0.143. The van der Waals surface area contributed by atoms with Crippen LogP contribution in [0.1, 0.15) is 32.4 Å². The van der Waals surface area contributed by atoms with Gasteiger partial charge in [0.1, 0.15) is 12.1 Å². The average Bonchev–Trinajstić information content (AvgIpc) is 2.58. The molecule has 0 fully saturated rings. The quantitative estimate of drug-likeness (QED) is 0.434. The SMILES string of the molecule is [2H]N(C(=O)Cc1cnccn1)[C@H](C(=O)N[C@@H](CCC(=O)O)C(=O)O)C(C)C. The molecule has 1 aromatic heterocycles. The van der Waals surface area contributed by atoms with E-state index in [9.17, 15) is 19.2 Å². The van der Waals surface area contributed by atoms with Gasteiger partial charge in [0.25, 0.3) is 0 Å². The van der Waals surface area contributed by atoms with Gasteiger partial charge in [-0.2, -0.15) is 0 Å². The van der Waals surface area contributed by atoms with Crippen LogP contribution in [-0.4, -0.2) is 56.0 Å². The van der Waals surface area contributed by atoms with Crippen LogP contribution in [-0.2, 0) is 25.6 Å². The molecule has 0 aliphatic heterocycles. The number of carboxylic acids is 2. The molecule has 0 spiro atoms. The molecule has 0 saturated carbocycles. The Labute approximate surface area is 151 Å². The maximum atomic E-state index is 12.5. The fraction of sp³-hybridized carbons (Fsp3) is 0.500. The summed E-state index contributed by atoms with van der Waals surface area (Å²) in [5.41, 5.74) is 0.326. The summed E-state index contributed by atoms with van der Waals surface area (Å²) in [5, 5.41) is 20.5. The van der Waals surface area contributed by atoms with Crippen LogP contribution in [0.2, 0.25) is 1.41 Å². The van der Waals surface area contributed by atoms with Gasteiger partial charge in [-0.25, -0.2) is 4.79 Å². The van der Waals surface area contributed by atoms with Crippen molar-refractivity contribution in [3.63, 3.8) is 0 Å². The standard InChI is InChI=1S/C16H22N4O6/c1-9(2)14(20-12(21)7-10-8-17-5-6-18-10)15(24)19-11(16(25)26)3-4-13(22)23/h5-6,8-9,11,14H,3-4,7H2,1-2H3,(H,19,24)(H,20,21)(H,22,23)(H,25,26)/t11-,14-/m0/s1/i/hD. The highest BCUT2D eigenvalue weighted by Gasteiger charge is 2.29. The Bertz CT molecular complexity index is 685. The minimum atomic E-state index is -1.43. The van der Waals surface area contributed by atoms with Gasteiger partial charge in [-0.15, -0.1) is 0 Å². The van der Waals surface area contributed by atoms with Crippen molar-refractivity contribution in [2.24, 2.45) is 5.92 Å². The van der Waals surface area contributed by atoms with Gasteiger partial charge in [-0.1, -0.05) is 13.8 Å². The fourth-order valence-corrected chi connectivity index (χ4v) is 2.07. The molecule has 0 aliphatic rings. The highest BCUT2D eigenvalue weighted by atomic mass is 16.4. The number of carbonyl (C=O) groups excluding carboxylic acids is 2. The second-order valence-electron chi connectivity index (χ2n) is 5.92. The number of hydrogen-bond donors (Lipinski definition) is 4.